The van der Waals surface area contributed by atoms with Crippen molar-refractivity contribution in [1.82, 2.24) is 19.9 Å². The van der Waals surface area contributed by atoms with E-state index in [4.69, 9.17) is 0 Å². The van der Waals surface area contributed by atoms with Crippen LogP contribution >= 0.6 is 0 Å². The zero-order chi connectivity index (χ0) is 15.4. The third-order valence-corrected chi connectivity index (χ3v) is 3.35. The predicted octanol–water partition coefficient (Wildman–Crippen LogP) is 1.18. The molecule has 0 fully saturated rings. The van der Waals surface area contributed by atoms with E-state index in [1.807, 2.05) is 26.0 Å². The standard InChI is InChI=1S/C15H18N4O2/c1-10-4-5-16-12(6-10)7-11(2)19(3)15(21)13-8-18-14(20)9-17-13/h4-6,8-9,11H,7H2,1-3H3,(H,18,20)/t11-/m0/s1. The molecule has 6 heteroatoms. The van der Waals surface area contributed by atoms with Gasteiger partial charge in [-0.1, -0.05) is 0 Å². The number of carbonyl (C=O) groups is 1. The summed E-state index contributed by atoms with van der Waals surface area (Å²) >= 11 is 0. The molecule has 0 unspecified atom stereocenters. The Kier molecular flexibility index (Phi) is 4.47. The first kappa shape index (κ1) is 14.9. The van der Waals surface area contributed by atoms with Gasteiger partial charge in [-0.2, -0.15) is 0 Å². The number of amides is 1. The first-order chi connectivity index (χ1) is 9.97. The van der Waals surface area contributed by atoms with Crippen LogP contribution < -0.4 is 5.56 Å². The maximum atomic E-state index is 12.3. The second kappa shape index (κ2) is 6.30. The van der Waals surface area contributed by atoms with Gasteiger partial charge in [-0.05, 0) is 31.5 Å². The SMILES string of the molecule is Cc1ccnc(C[C@H](C)N(C)C(=O)c2c[nH]c(=O)cn2)c1. The van der Waals surface area contributed by atoms with E-state index in [0.29, 0.717) is 6.42 Å². The van der Waals surface area contributed by atoms with Crippen LogP contribution in [0.15, 0.2) is 35.5 Å². The summed E-state index contributed by atoms with van der Waals surface area (Å²) in [6.45, 7) is 3.96. The van der Waals surface area contributed by atoms with Crippen LogP contribution in [0, 0.1) is 6.92 Å². The van der Waals surface area contributed by atoms with Gasteiger partial charge in [0.2, 0.25) is 0 Å². The Labute approximate surface area is 122 Å². The molecule has 0 aliphatic carbocycles. The number of carbonyl (C=O) groups excluding carboxylic acids is 1. The number of pyridine rings is 1. The van der Waals surface area contributed by atoms with Gasteiger partial charge in [-0.3, -0.25) is 14.6 Å². The number of H-pyrrole nitrogens is 1. The van der Waals surface area contributed by atoms with E-state index in [0.717, 1.165) is 17.5 Å². The molecule has 21 heavy (non-hydrogen) atoms. The Bertz CT molecular complexity index is 676. The highest BCUT2D eigenvalue weighted by Gasteiger charge is 2.19. The smallest absolute Gasteiger partial charge is 0.273 e. The molecule has 0 aromatic carbocycles. The molecule has 1 atom stereocenters. The Morgan fingerprint density at radius 2 is 2.19 bits per heavy atom. The van der Waals surface area contributed by atoms with Gasteiger partial charge in [0.1, 0.15) is 5.69 Å². The zero-order valence-corrected chi connectivity index (χ0v) is 12.3. The fourth-order valence-electron chi connectivity index (χ4n) is 1.99. The summed E-state index contributed by atoms with van der Waals surface area (Å²) in [5, 5.41) is 0. The van der Waals surface area contributed by atoms with Crippen LogP contribution in [0.5, 0.6) is 0 Å². The van der Waals surface area contributed by atoms with E-state index in [1.54, 1.807) is 18.1 Å². The normalized spacial score (nSPS) is 12.0. The quantitative estimate of drug-likeness (QED) is 0.915. The van der Waals surface area contributed by atoms with Crippen LogP contribution in [0.2, 0.25) is 0 Å². The topological polar surface area (TPSA) is 79.0 Å². The van der Waals surface area contributed by atoms with Gasteiger partial charge in [-0.25, -0.2) is 4.98 Å². The molecule has 2 heterocycles. The maximum Gasteiger partial charge on any atom is 0.273 e. The summed E-state index contributed by atoms with van der Waals surface area (Å²) in [7, 11) is 1.72. The van der Waals surface area contributed by atoms with Gasteiger partial charge in [0.15, 0.2) is 0 Å². The molecular weight excluding hydrogens is 268 g/mol. The van der Waals surface area contributed by atoms with Crippen LogP contribution in [0.3, 0.4) is 0 Å². The summed E-state index contributed by atoms with van der Waals surface area (Å²) in [6, 6.07) is 3.92. The zero-order valence-electron chi connectivity index (χ0n) is 12.3. The second-order valence-electron chi connectivity index (χ2n) is 5.09. The number of nitrogens with one attached hydrogen (secondary N) is 1. The predicted molar refractivity (Wildman–Crippen MR) is 79.1 cm³/mol. The Morgan fingerprint density at radius 3 is 2.81 bits per heavy atom. The average Bonchev–Trinajstić information content (AvgIpc) is 2.46. The van der Waals surface area contributed by atoms with Crippen LogP contribution in [0.4, 0.5) is 0 Å². The minimum absolute atomic E-state index is 0.0273. The van der Waals surface area contributed by atoms with Crippen LogP contribution in [-0.4, -0.2) is 38.8 Å². The third kappa shape index (κ3) is 3.75. The van der Waals surface area contributed by atoms with Crippen LogP contribution in [0.25, 0.3) is 0 Å². The first-order valence-electron chi connectivity index (χ1n) is 6.71. The Balaban J connectivity index is 2.08. The number of aryl methyl sites for hydroxylation is 1. The molecule has 1 amide bonds. The number of hydrogen-bond acceptors (Lipinski definition) is 4. The third-order valence-electron chi connectivity index (χ3n) is 3.35. The fraction of sp³-hybridized carbons (Fsp3) is 0.333. The van der Waals surface area contributed by atoms with E-state index >= 15 is 0 Å². The molecule has 0 radical (unpaired) electrons. The van der Waals surface area contributed by atoms with E-state index in [9.17, 15) is 9.59 Å². The van der Waals surface area contributed by atoms with Crippen molar-refractivity contribution in [3.8, 4) is 0 Å². The van der Waals surface area contributed by atoms with Crippen molar-refractivity contribution in [2.75, 3.05) is 7.05 Å². The summed E-state index contributed by atoms with van der Waals surface area (Å²) in [4.78, 5) is 35.5. The lowest BCUT2D eigenvalue weighted by Gasteiger charge is -2.24. The number of likely N-dealkylation sites (N-methyl/N-ethyl adjacent to an activating group) is 1. The van der Waals surface area contributed by atoms with Gasteiger partial charge in [0, 0.05) is 37.6 Å². The number of aromatic nitrogens is 3. The highest BCUT2D eigenvalue weighted by Crippen LogP contribution is 2.09. The highest BCUT2D eigenvalue weighted by atomic mass is 16.2. The summed E-state index contributed by atoms with van der Waals surface area (Å²) in [6.07, 6.45) is 4.86. The van der Waals surface area contributed by atoms with Gasteiger partial charge in [0.05, 0.1) is 6.20 Å². The van der Waals surface area contributed by atoms with E-state index in [1.165, 1.54) is 6.20 Å². The molecule has 2 aromatic rings. The average molecular weight is 286 g/mol. The molecular formula is C15H18N4O2. The molecule has 0 aliphatic heterocycles. The molecule has 110 valence electrons. The minimum atomic E-state index is -0.328. The van der Waals surface area contributed by atoms with Gasteiger partial charge >= 0.3 is 0 Å². The maximum absolute atomic E-state index is 12.3. The fourth-order valence-corrected chi connectivity index (χ4v) is 1.99. The molecule has 0 spiro atoms. The molecule has 2 aromatic heterocycles. The lowest BCUT2D eigenvalue weighted by molar-refractivity contribution is 0.0736. The van der Waals surface area contributed by atoms with Crippen molar-refractivity contribution in [3.63, 3.8) is 0 Å². The van der Waals surface area contributed by atoms with Gasteiger partial charge in [-0.15, -0.1) is 0 Å². The summed E-state index contributed by atoms with van der Waals surface area (Å²) in [5.74, 6) is -0.230. The lowest BCUT2D eigenvalue weighted by atomic mass is 10.1. The van der Waals surface area contributed by atoms with Crippen molar-refractivity contribution in [2.45, 2.75) is 26.3 Å². The molecule has 1 N–H and O–H groups in total. The molecule has 0 saturated heterocycles. The molecule has 0 bridgehead atoms. The molecule has 0 aliphatic rings. The number of hydrogen-bond donors (Lipinski definition) is 1. The van der Waals surface area contributed by atoms with E-state index < -0.39 is 0 Å². The first-order valence-corrected chi connectivity index (χ1v) is 6.71. The highest BCUT2D eigenvalue weighted by molar-refractivity contribution is 5.91. The number of aromatic amines is 1. The molecule has 6 nitrogen and oxygen atoms in total. The minimum Gasteiger partial charge on any atom is -0.337 e. The van der Waals surface area contributed by atoms with E-state index in [2.05, 4.69) is 15.0 Å². The number of rotatable bonds is 4. The summed E-state index contributed by atoms with van der Waals surface area (Å²) < 4.78 is 0. The summed E-state index contributed by atoms with van der Waals surface area (Å²) in [5.41, 5.74) is 1.98. The monoisotopic (exact) mass is 286 g/mol. The molecule has 0 saturated carbocycles. The number of nitrogens with zero attached hydrogens (tertiary/aromatic N) is 3. The van der Waals surface area contributed by atoms with Crippen molar-refractivity contribution in [2.24, 2.45) is 0 Å². The lowest BCUT2D eigenvalue weighted by Crippen LogP contribution is -2.37. The molecule has 2 rings (SSSR count). The van der Waals surface area contributed by atoms with Crippen molar-refractivity contribution in [3.05, 3.63) is 58.0 Å². The Hall–Kier alpha value is -2.50. The van der Waals surface area contributed by atoms with Gasteiger partial charge in [0.25, 0.3) is 11.5 Å². The van der Waals surface area contributed by atoms with Crippen molar-refractivity contribution < 1.29 is 4.79 Å². The second-order valence-corrected chi connectivity index (χ2v) is 5.09. The van der Waals surface area contributed by atoms with Gasteiger partial charge < -0.3 is 9.88 Å². The van der Waals surface area contributed by atoms with Crippen molar-refractivity contribution >= 4 is 5.91 Å². The van der Waals surface area contributed by atoms with E-state index in [-0.39, 0.29) is 23.2 Å². The van der Waals surface area contributed by atoms with Crippen LogP contribution in [-0.2, 0) is 6.42 Å². The largest absolute Gasteiger partial charge is 0.337 e. The van der Waals surface area contributed by atoms with Crippen LogP contribution in [0.1, 0.15) is 28.7 Å². The Morgan fingerprint density at radius 1 is 1.43 bits per heavy atom. The van der Waals surface area contributed by atoms with Crippen molar-refractivity contribution in [1.29, 1.82) is 0 Å².